The van der Waals surface area contributed by atoms with Crippen LogP contribution in [0.3, 0.4) is 0 Å². The van der Waals surface area contributed by atoms with Gasteiger partial charge in [-0.05, 0) is 35.0 Å². The topological polar surface area (TPSA) is 54.0 Å². The number of halogens is 1. The number of amides is 2. The molecule has 2 amide bonds. The van der Waals surface area contributed by atoms with Crippen molar-refractivity contribution in [3.63, 3.8) is 0 Å². The zero-order chi connectivity index (χ0) is 11.5. The number of hydrogen-bond donors (Lipinski definition) is 2. The summed E-state index contributed by atoms with van der Waals surface area (Å²) in [5.74, 6) is 0. The van der Waals surface area contributed by atoms with Gasteiger partial charge in [0.05, 0.1) is 10.2 Å². The van der Waals surface area contributed by atoms with E-state index < -0.39 is 0 Å². The SMILES string of the molecule is CCNC(=O)Nc1nc2cccc(Br)c2s1. The van der Waals surface area contributed by atoms with Crippen molar-refractivity contribution in [2.75, 3.05) is 11.9 Å². The fourth-order valence-corrected chi connectivity index (χ4v) is 2.73. The summed E-state index contributed by atoms with van der Waals surface area (Å²) in [6.07, 6.45) is 0. The van der Waals surface area contributed by atoms with Crippen LogP contribution in [0.2, 0.25) is 0 Å². The molecule has 0 unspecified atom stereocenters. The van der Waals surface area contributed by atoms with E-state index in [1.807, 2.05) is 25.1 Å². The van der Waals surface area contributed by atoms with Gasteiger partial charge in [-0.3, -0.25) is 5.32 Å². The lowest BCUT2D eigenvalue weighted by molar-refractivity contribution is 0.252. The molecule has 0 aliphatic carbocycles. The molecule has 0 atom stereocenters. The molecule has 0 saturated carbocycles. The first kappa shape index (κ1) is 11.3. The van der Waals surface area contributed by atoms with Crippen LogP contribution in [0.1, 0.15) is 6.92 Å². The van der Waals surface area contributed by atoms with Crippen molar-refractivity contribution in [1.29, 1.82) is 0 Å². The second-order valence-electron chi connectivity index (χ2n) is 3.09. The molecule has 1 aromatic carbocycles. The normalized spacial score (nSPS) is 10.4. The zero-order valence-electron chi connectivity index (χ0n) is 8.58. The van der Waals surface area contributed by atoms with Crippen LogP contribution < -0.4 is 10.6 Å². The molecule has 0 spiro atoms. The highest BCUT2D eigenvalue weighted by molar-refractivity contribution is 9.10. The van der Waals surface area contributed by atoms with Crippen LogP contribution in [0.15, 0.2) is 22.7 Å². The minimum absolute atomic E-state index is 0.224. The lowest BCUT2D eigenvalue weighted by Crippen LogP contribution is -2.28. The van der Waals surface area contributed by atoms with Gasteiger partial charge in [0.2, 0.25) is 0 Å². The Morgan fingerprint density at radius 2 is 2.38 bits per heavy atom. The number of benzene rings is 1. The smallest absolute Gasteiger partial charge is 0.321 e. The molecule has 2 aromatic rings. The highest BCUT2D eigenvalue weighted by Crippen LogP contribution is 2.31. The van der Waals surface area contributed by atoms with E-state index in [9.17, 15) is 4.79 Å². The van der Waals surface area contributed by atoms with Crippen LogP contribution >= 0.6 is 27.3 Å². The van der Waals surface area contributed by atoms with Crippen molar-refractivity contribution in [2.45, 2.75) is 6.92 Å². The number of aromatic nitrogens is 1. The molecule has 0 bridgehead atoms. The number of hydrogen-bond acceptors (Lipinski definition) is 3. The average Bonchev–Trinajstić information content (AvgIpc) is 2.62. The number of nitrogens with zero attached hydrogens (tertiary/aromatic N) is 1. The van der Waals surface area contributed by atoms with Crippen molar-refractivity contribution >= 4 is 48.6 Å². The third-order valence-corrected chi connectivity index (χ3v) is 3.87. The number of carbonyl (C=O) groups excluding carboxylic acids is 1. The van der Waals surface area contributed by atoms with E-state index in [1.54, 1.807) is 0 Å². The summed E-state index contributed by atoms with van der Waals surface area (Å²) in [4.78, 5) is 15.6. The molecule has 16 heavy (non-hydrogen) atoms. The highest BCUT2D eigenvalue weighted by Gasteiger charge is 2.08. The number of urea groups is 1. The Morgan fingerprint density at radius 1 is 1.56 bits per heavy atom. The third kappa shape index (κ3) is 2.33. The van der Waals surface area contributed by atoms with Crippen LogP contribution in [-0.4, -0.2) is 17.6 Å². The minimum Gasteiger partial charge on any atom is -0.338 e. The second-order valence-corrected chi connectivity index (χ2v) is 4.94. The Kier molecular flexibility index (Phi) is 3.40. The molecule has 4 nitrogen and oxygen atoms in total. The van der Waals surface area contributed by atoms with E-state index in [4.69, 9.17) is 0 Å². The van der Waals surface area contributed by atoms with Gasteiger partial charge < -0.3 is 5.32 Å². The van der Waals surface area contributed by atoms with Crippen molar-refractivity contribution < 1.29 is 4.79 Å². The number of rotatable bonds is 2. The van der Waals surface area contributed by atoms with E-state index in [0.29, 0.717) is 11.7 Å². The monoisotopic (exact) mass is 299 g/mol. The predicted molar refractivity (Wildman–Crippen MR) is 70.0 cm³/mol. The van der Waals surface area contributed by atoms with Gasteiger partial charge in [0.25, 0.3) is 0 Å². The van der Waals surface area contributed by atoms with Gasteiger partial charge in [0.1, 0.15) is 0 Å². The lowest BCUT2D eigenvalue weighted by atomic mass is 10.3. The summed E-state index contributed by atoms with van der Waals surface area (Å²) in [6, 6.07) is 5.57. The molecule has 2 rings (SSSR count). The second kappa shape index (κ2) is 4.80. The predicted octanol–water partition coefficient (Wildman–Crippen LogP) is 3.20. The Balaban J connectivity index is 2.26. The lowest BCUT2D eigenvalue weighted by Gasteiger charge is -2.00. The summed E-state index contributed by atoms with van der Waals surface area (Å²) >= 11 is 4.90. The zero-order valence-corrected chi connectivity index (χ0v) is 11.0. The van der Waals surface area contributed by atoms with E-state index in [1.165, 1.54) is 11.3 Å². The molecule has 1 aromatic heterocycles. The fraction of sp³-hybridized carbons (Fsp3) is 0.200. The van der Waals surface area contributed by atoms with Crippen LogP contribution in [-0.2, 0) is 0 Å². The average molecular weight is 300 g/mol. The van der Waals surface area contributed by atoms with Gasteiger partial charge in [-0.25, -0.2) is 9.78 Å². The molecule has 0 saturated heterocycles. The summed E-state index contributed by atoms with van der Waals surface area (Å²) in [5, 5.41) is 5.96. The van der Waals surface area contributed by atoms with Crippen LogP contribution in [0.4, 0.5) is 9.93 Å². The van der Waals surface area contributed by atoms with Crippen molar-refractivity contribution in [2.24, 2.45) is 0 Å². The third-order valence-electron chi connectivity index (χ3n) is 1.92. The summed E-state index contributed by atoms with van der Waals surface area (Å²) < 4.78 is 2.03. The first-order valence-corrected chi connectivity index (χ1v) is 6.41. The number of thiazole rings is 1. The maximum Gasteiger partial charge on any atom is 0.321 e. The van der Waals surface area contributed by atoms with Crippen LogP contribution in [0.5, 0.6) is 0 Å². The number of anilines is 1. The molecule has 6 heteroatoms. The summed E-state index contributed by atoms with van der Waals surface area (Å²) in [5.41, 5.74) is 0.881. The first-order chi connectivity index (χ1) is 7.70. The molecular formula is C10H10BrN3OS. The van der Waals surface area contributed by atoms with Crippen molar-refractivity contribution in [3.05, 3.63) is 22.7 Å². The highest BCUT2D eigenvalue weighted by atomic mass is 79.9. The number of fused-ring (bicyclic) bond motifs is 1. The minimum atomic E-state index is -0.224. The van der Waals surface area contributed by atoms with Gasteiger partial charge in [-0.15, -0.1) is 0 Å². The van der Waals surface area contributed by atoms with Gasteiger partial charge in [-0.1, -0.05) is 17.4 Å². The molecule has 0 radical (unpaired) electrons. The number of carbonyl (C=O) groups is 1. The largest absolute Gasteiger partial charge is 0.338 e. The summed E-state index contributed by atoms with van der Waals surface area (Å²) in [6.45, 7) is 2.47. The molecule has 2 N–H and O–H groups in total. The maximum absolute atomic E-state index is 11.3. The fourth-order valence-electron chi connectivity index (χ4n) is 1.27. The van der Waals surface area contributed by atoms with E-state index >= 15 is 0 Å². The van der Waals surface area contributed by atoms with Crippen molar-refractivity contribution in [1.82, 2.24) is 10.3 Å². The molecular weight excluding hydrogens is 290 g/mol. The molecule has 1 heterocycles. The first-order valence-electron chi connectivity index (χ1n) is 4.80. The van der Waals surface area contributed by atoms with Crippen molar-refractivity contribution in [3.8, 4) is 0 Å². The van der Waals surface area contributed by atoms with Gasteiger partial charge in [0, 0.05) is 11.0 Å². The Bertz CT molecular complexity index is 526. The van der Waals surface area contributed by atoms with Gasteiger partial charge in [-0.2, -0.15) is 0 Å². The molecule has 0 aliphatic heterocycles. The quantitative estimate of drug-likeness (QED) is 0.895. The van der Waals surface area contributed by atoms with Crippen LogP contribution in [0.25, 0.3) is 10.2 Å². The Hall–Kier alpha value is -1.14. The summed E-state index contributed by atoms with van der Waals surface area (Å²) in [7, 11) is 0. The Labute approximate surface area is 105 Å². The molecule has 0 fully saturated rings. The number of nitrogens with one attached hydrogen (secondary N) is 2. The van der Waals surface area contributed by atoms with E-state index in [2.05, 4.69) is 31.5 Å². The van der Waals surface area contributed by atoms with Gasteiger partial charge >= 0.3 is 6.03 Å². The van der Waals surface area contributed by atoms with E-state index in [-0.39, 0.29) is 6.03 Å². The van der Waals surface area contributed by atoms with Gasteiger partial charge in [0.15, 0.2) is 5.13 Å². The maximum atomic E-state index is 11.3. The van der Waals surface area contributed by atoms with Crippen LogP contribution in [0, 0.1) is 0 Å². The standard InChI is InChI=1S/C10H10BrN3OS/c1-2-12-9(15)14-10-13-7-5-3-4-6(11)8(7)16-10/h3-5H,2H2,1H3,(H2,12,13,14,15). The molecule has 0 aliphatic rings. The Morgan fingerprint density at radius 3 is 3.06 bits per heavy atom. The molecule has 84 valence electrons. The van der Waals surface area contributed by atoms with E-state index in [0.717, 1.165) is 14.7 Å².